The molecule has 0 fully saturated rings. The summed E-state index contributed by atoms with van der Waals surface area (Å²) in [5, 5.41) is 0.596. The van der Waals surface area contributed by atoms with Gasteiger partial charge in [0, 0.05) is 0 Å². The van der Waals surface area contributed by atoms with E-state index in [2.05, 4.69) is 22.6 Å². The SMILES string of the molecule is Sc1nc(Cl)c(Cl)c(Cl)n1. The van der Waals surface area contributed by atoms with Crippen molar-refractivity contribution in [2.24, 2.45) is 0 Å². The third-order valence-electron chi connectivity index (χ3n) is 0.759. The van der Waals surface area contributed by atoms with Crippen molar-refractivity contribution in [3.05, 3.63) is 15.3 Å². The summed E-state index contributed by atoms with van der Waals surface area (Å²) >= 11 is 20.4. The summed E-state index contributed by atoms with van der Waals surface area (Å²) in [5.74, 6) is 0. The summed E-state index contributed by atoms with van der Waals surface area (Å²) in [7, 11) is 0. The maximum atomic E-state index is 5.53. The molecule has 0 saturated carbocycles. The molecule has 1 rings (SSSR count). The monoisotopic (exact) mass is 214 g/mol. The van der Waals surface area contributed by atoms with Crippen LogP contribution < -0.4 is 0 Å². The van der Waals surface area contributed by atoms with E-state index in [0.29, 0.717) is 0 Å². The molecule has 1 heterocycles. The zero-order chi connectivity index (χ0) is 7.72. The fourth-order valence-corrected chi connectivity index (χ4v) is 1.17. The Bertz CT molecular complexity index is 242. The average Bonchev–Trinajstić information content (AvgIpc) is 1.82. The Morgan fingerprint density at radius 2 is 1.40 bits per heavy atom. The summed E-state index contributed by atoms with van der Waals surface area (Å²) in [6.07, 6.45) is 0. The predicted molar refractivity (Wildman–Crippen MR) is 44.3 cm³/mol. The van der Waals surface area contributed by atoms with Gasteiger partial charge >= 0.3 is 0 Å². The Labute approximate surface area is 77.9 Å². The van der Waals surface area contributed by atoms with Gasteiger partial charge in [-0.2, -0.15) is 0 Å². The van der Waals surface area contributed by atoms with Crippen LogP contribution in [0.5, 0.6) is 0 Å². The number of aromatic nitrogens is 2. The highest BCUT2D eigenvalue weighted by Crippen LogP contribution is 2.26. The third kappa shape index (κ3) is 1.66. The second-order valence-electron chi connectivity index (χ2n) is 1.42. The van der Waals surface area contributed by atoms with Gasteiger partial charge in [0.25, 0.3) is 0 Å². The molecule has 0 radical (unpaired) electrons. The first-order chi connectivity index (χ1) is 4.61. The Balaban J connectivity index is 3.31. The minimum atomic E-state index is 0.117. The molecule has 0 unspecified atom stereocenters. The van der Waals surface area contributed by atoms with Gasteiger partial charge in [0.05, 0.1) is 0 Å². The average molecular weight is 215 g/mol. The Hall–Kier alpha value is 0.300. The van der Waals surface area contributed by atoms with Crippen LogP contribution >= 0.6 is 47.4 Å². The molecule has 2 nitrogen and oxygen atoms in total. The lowest BCUT2D eigenvalue weighted by molar-refractivity contribution is 0.976. The molecule has 10 heavy (non-hydrogen) atoms. The molecule has 0 aliphatic carbocycles. The van der Waals surface area contributed by atoms with E-state index >= 15 is 0 Å². The molecule has 0 N–H and O–H groups in total. The quantitative estimate of drug-likeness (QED) is 0.409. The molecule has 0 aromatic carbocycles. The molecule has 6 heteroatoms. The summed E-state index contributed by atoms with van der Waals surface area (Å²) in [4.78, 5) is 7.27. The first-order valence-electron chi connectivity index (χ1n) is 2.18. The van der Waals surface area contributed by atoms with Crippen LogP contribution in [0.25, 0.3) is 0 Å². The van der Waals surface area contributed by atoms with E-state index in [9.17, 15) is 0 Å². The third-order valence-corrected chi connectivity index (χ3v) is 2.06. The molecule has 0 spiro atoms. The highest BCUT2D eigenvalue weighted by molar-refractivity contribution is 7.80. The summed E-state index contributed by atoms with van der Waals surface area (Å²) in [5.41, 5.74) is 0. The van der Waals surface area contributed by atoms with Gasteiger partial charge in [0.15, 0.2) is 15.5 Å². The van der Waals surface area contributed by atoms with Crippen LogP contribution in [0.4, 0.5) is 0 Å². The standard InChI is InChI=1S/C4HCl3N2S/c5-1-2(6)8-4(10)9-3(1)7/h(H,8,9,10). The highest BCUT2D eigenvalue weighted by atomic mass is 35.5. The van der Waals surface area contributed by atoms with Crippen molar-refractivity contribution in [1.82, 2.24) is 9.97 Å². The van der Waals surface area contributed by atoms with Crippen molar-refractivity contribution in [3.63, 3.8) is 0 Å². The van der Waals surface area contributed by atoms with Crippen LogP contribution in [0.15, 0.2) is 5.16 Å². The smallest absolute Gasteiger partial charge is 0.187 e. The van der Waals surface area contributed by atoms with E-state index in [1.807, 2.05) is 0 Å². The topological polar surface area (TPSA) is 25.8 Å². The minimum Gasteiger partial charge on any atom is -0.209 e. The lowest BCUT2D eigenvalue weighted by Gasteiger charge is -1.96. The summed E-state index contributed by atoms with van der Waals surface area (Å²) in [6.45, 7) is 0. The van der Waals surface area contributed by atoms with Crippen molar-refractivity contribution in [1.29, 1.82) is 0 Å². The number of hydrogen-bond acceptors (Lipinski definition) is 3. The summed E-state index contributed by atoms with van der Waals surface area (Å²) < 4.78 is 0. The Kier molecular flexibility index (Phi) is 2.63. The van der Waals surface area contributed by atoms with Crippen molar-refractivity contribution < 1.29 is 0 Å². The van der Waals surface area contributed by atoms with E-state index in [-0.39, 0.29) is 20.5 Å². The maximum absolute atomic E-state index is 5.53. The van der Waals surface area contributed by atoms with Gasteiger partial charge in [0.1, 0.15) is 5.02 Å². The van der Waals surface area contributed by atoms with E-state index in [4.69, 9.17) is 34.8 Å². The molecule has 0 aliphatic rings. The Morgan fingerprint density at radius 3 is 1.80 bits per heavy atom. The van der Waals surface area contributed by atoms with E-state index < -0.39 is 0 Å². The number of thiol groups is 1. The van der Waals surface area contributed by atoms with Crippen LogP contribution in [0.1, 0.15) is 0 Å². The maximum Gasteiger partial charge on any atom is 0.187 e. The lowest BCUT2D eigenvalue weighted by atomic mass is 10.7. The highest BCUT2D eigenvalue weighted by Gasteiger charge is 2.05. The zero-order valence-electron chi connectivity index (χ0n) is 4.48. The largest absolute Gasteiger partial charge is 0.209 e. The van der Waals surface area contributed by atoms with Crippen molar-refractivity contribution in [2.45, 2.75) is 5.16 Å². The van der Waals surface area contributed by atoms with Gasteiger partial charge in [0.2, 0.25) is 0 Å². The molecular weight excluding hydrogens is 214 g/mol. The predicted octanol–water partition coefficient (Wildman–Crippen LogP) is 2.73. The van der Waals surface area contributed by atoms with Gasteiger partial charge < -0.3 is 0 Å². The molecule has 54 valence electrons. The normalized spacial score (nSPS) is 10.0. The lowest BCUT2D eigenvalue weighted by Crippen LogP contribution is -1.85. The molecular formula is C4HCl3N2S. The minimum absolute atomic E-state index is 0.117. The van der Waals surface area contributed by atoms with Crippen molar-refractivity contribution in [3.8, 4) is 0 Å². The van der Waals surface area contributed by atoms with Gasteiger partial charge in [-0.15, -0.1) is 12.6 Å². The van der Waals surface area contributed by atoms with Gasteiger partial charge in [-0.3, -0.25) is 0 Å². The fraction of sp³-hybridized carbons (Fsp3) is 0. The van der Waals surface area contributed by atoms with E-state index in [1.165, 1.54) is 0 Å². The number of hydrogen-bond donors (Lipinski definition) is 1. The van der Waals surface area contributed by atoms with Crippen LogP contribution in [-0.2, 0) is 0 Å². The second kappa shape index (κ2) is 3.13. The van der Waals surface area contributed by atoms with E-state index in [1.54, 1.807) is 0 Å². The second-order valence-corrected chi connectivity index (χ2v) is 2.91. The van der Waals surface area contributed by atoms with Gasteiger partial charge in [-0.1, -0.05) is 34.8 Å². The summed E-state index contributed by atoms with van der Waals surface area (Å²) in [6, 6.07) is 0. The number of halogens is 3. The molecule has 0 aliphatic heterocycles. The molecule has 1 aromatic heterocycles. The van der Waals surface area contributed by atoms with Crippen LogP contribution in [0, 0.1) is 0 Å². The number of rotatable bonds is 0. The molecule has 0 saturated heterocycles. The number of nitrogens with zero attached hydrogens (tertiary/aromatic N) is 2. The van der Waals surface area contributed by atoms with Gasteiger partial charge in [-0.05, 0) is 0 Å². The zero-order valence-corrected chi connectivity index (χ0v) is 7.64. The van der Waals surface area contributed by atoms with Crippen molar-refractivity contribution >= 4 is 47.4 Å². The first kappa shape index (κ1) is 8.40. The first-order valence-corrected chi connectivity index (χ1v) is 3.77. The molecule has 0 atom stereocenters. The van der Waals surface area contributed by atoms with Crippen LogP contribution in [0.2, 0.25) is 15.3 Å². The van der Waals surface area contributed by atoms with Crippen molar-refractivity contribution in [2.75, 3.05) is 0 Å². The molecule has 0 bridgehead atoms. The molecule has 0 amide bonds. The molecule has 1 aromatic rings. The van der Waals surface area contributed by atoms with Gasteiger partial charge in [-0.25, -0.2) is 9.97 Å². The Morgan fingerprint density at radius 1 is 1.00 bits per heavy atom. The van der Waals surface area contributed by atoms with E-state index in [0.717, 1.165) is 0 Å². The van der Waals surface area contributed by atoms with Crippen LogP contribution in [0.3, 0.4) is 0 Å². The fourth-order valence-electron chi connectivity index (χ4n) is 0.384. The van der Waals surface area contributed by atoms with Crippen LogP contribution in [-0.4, -0.2) is 9.97 Å².